The number of rotatable bonds is 6. The third-order valence-corrected chi connectivity index (χ3v) is 4.23. The topological polar surface area (TPSA) is 104 Å². The second-order valence-corrected chi connectivity index (χ2v) is 6.16. The number of hydrogen-bond acceptors (Lipinski definition) is 6. The first-order valence-corrected chi connectivity index (χ1v) is 8.45. The lowest BCUT2D eigenvalue weighted by Gasteiger charge is -2.16. The fourth-order valence-electron chi connectivity index (χ4n) is 2.87. The van der Waals surface area contributed by atoms with Gasteiger partial charge in [-0.05, 0) is 23.8 Å². The summed E-state index contributed by atoms with van der Waals surface area (Å²) in [6.45, 7) is 1.26. The summed E-state index contributed by atoms with van der Waals surface area (Å²) in [5.74, 6) is -1.18. The summed E-state index contributed by atoms with van der Waals surface area (Å²) in [5, 5.41) is 21.2. The molecule has 10 heteroatoms. The first kappa shape index (κ1) is 18.3. The summed E-state index contributed by atoms with van der Waals surface area (Å²) in [6, 6.07) is 8.30. The molecule has 0 fully saturated rings. The van der Waals surface area contributed by atoms with Crippen molar-refractivity contribution in [2.75, 3.05) is 18.4 Å². The number of nitrogens with one attached hydrogen (secondary N) is 2. The van der Waals surface area contributed by atoms with Gasteiger partial charge in [0.05, 0.1) is 20.6 Å². The van der Waals surface area contributed by atoms with Gasteiger partial charge in [0.1, 0.15) is 17.6 Å². The fraction of sp³-hybridized carbons (Fsp3) is 0.200. The molecular formula is C20H16F3N3O4. The van der Waals surface area contributed by atoms with Crippen molar-refractivity contribution in [1.82, 2.24) is 5.48 Å². The summed E-state index contributed by atoms with van der Waals surface area (Å²) in [4.78, 5) is 11.5. The van der Waals surface area contributed by atoms with Crippen LogP contribution in [0.25, 0.3) is 11.1 Å². The van der Waals surface area contributed by atoms with E-state index in [0.29, 0.717) is 11.1 Å². The van der Waals surface area contributed by atoms with Crippen molar-refractivity contribution in [3.05, 3.63) is 53.6 Å². The second kappa shape index (κ2) is 8.34. The van der Waals surface area contributed by atoms with Gasteiger partial charge < -0.3 is 14.8 Å². The Morgan fingerprint density at radius 1 is 1.40 bits per heavy atom. The van der Waals surface area contributed by atoms with Crippen LogP contribution in [0.5, 0.6) is 11.5 Å². The lowest BCUT2D eigenvalue weighted by atomic mass is 9.95. The molecule has 1 heterocycles. The van der Waals surface area contributed by atoms with Gasteiger partial charge in [-0.2, -0.15) is 5.26 Å². The molecule has 0 saturated carbocycles. The van der Waals surface area contributed by atoms with Crippen LogP contribution in [0.15, 0.2) is 42.5 Å². The molecule has 3 N–H and O–H groups in total. The number of hydrogen-bond donors (Lipinski definition) is 3. The predicted molar refractivity (Wildman–Crippen MR) is 100 cm³/mol. The van der Waals surface area contributed by atoms with Crippen LogP contribution in [-0.2, 0) is 11.2 Å². The van der Waals surface area contributed by atoms with Crippen LogP contribution in [0.2, 0.25) is 0 Å². The number of alkyl halides is 3. The Kier molecular flexibility index (Phi) is 5.10. The average Bonchev–Trinajstić information content (AvgIpc) is 3.04. The van der Waals surface area contributed by atoms with Gasteiger partial charge in [-0.25, -0.2) is 5.48 Å². The Hall–Kier alpha value is -3.71. The smallest absolute Gasteiger partial charge is 0.492 e. The average molecular weight is 421 g/mol. The number of nitriles is 1. The van der Waals surface area contributed by atoms with E-state index in [1.165, 1.54) is 23.7 Å². The molecule has 0 unspecified atom stereocenters. The van der Waals surface area contributed by atoms with Crippen LogP contribution >= 0.6 is 0 Å². The molecule has 0 aromatic heterocycles. The Labute approximate surface area is 172 Å². The van der Waals surface area contributed by atoms with Crippen molar-refractivity contribution in [3.8, 4) is 28.7 Å². The van der Waals surface area contributed by atoms with Gasteiger partial charge in [0.15, 0.2) is 0 Å². The molecule has 1 aliphatic heterocycles. The van der Waals surface area contributed by atoms with Gasteiger partial charge >= 0.3 is 6.36 Å². The number of benzene rings is 2. The Bertz CT molecular complexity index is 1110. The highest BCUT2D eigenvalue weighted by Gasteiger charge is 2.31. The quantitative estimate of drug-likeness (QED) is 0.375. The van der Waals surface area contributed by atoms with Crippen molar-refractivity contribution in [2.45, 2.75) is 12.8 Å². The number of ether oxygens (including phenoxy) is 2. The molecule has 2 aromatic carbocycles. The SMILES string of the molecule is [2H]C1([2H])Cc2c(C#N)c(NCC(=C)C(=O)NO)cc(-c3ccc(OC(F)(F)F)cc3)c2O1. The maximum atomic E-state index is 12.4. The minimum atomic E-state index is -4.85. The molecule has 30 heavy (non-hydrogen) atoms. The highest BCUT2D eigenvalue weighted by molar-refractivity contribution is 5.93. The number of carbonyl (C=O) groups excluding carboxylic acids is 1. The molecule has 7 nitrogen and oxygen atoms in total. The molecule has 0 saturated heterocycles. The first-order chi connectivity index (χ1) is 14.9. The predicted octanol–water partition coefficient (Wildman–Crippen LogP) is 3.53. The van der Waals surface area contributed by atoms with E-state index in [9.17, 15) is 23.2 Å². The fourth-order valence-corrected chi connectivity index (χ4v) is 2.87. The summed E-state index contributed by atoms with van der Waals surface area (Å²) in [6.07, 6.45) is -5.09. The summed E-state index contributed by atoms with van der Waals surface area (Å²) < 4.78 is 62.4. The highest BCUT2D eigenvalue weighted by Crippen LogP contribution is 2.42. The Morgan fingerprint density at radius 3 is 2.70 bits per heavy atom. The van der Waals surface area contributed by atoms with E-state index in [2.05, 4.69) is 16.6 Å². The van der Waals surface area contributed by atoms with E-state index in [0.717, 1.165) is 12.1 Å². The van der Waals surface area contributed by atoms with Crippen LogP contribution in [0.3, 0.4) is 0 Å². The van der Waals surface area contributed by atoms with Gasteiger partial charge in [0.2, 0.25) is 0 Å². The molecule has 3 rings (SSSR count). The van der Waals surface area contributed by atoms with Crippen LogP contribution in [-0.4, -0.2) is 30.6 Å². The molecule has 0 aliphatic carbocycles. The zero-order valence-corrected chi connectivity index (χ0v) is 15.3. The standard InChI is InChI=1S/C20H16F3N3O4/c1-11(19(27)26-28)10-25-17-8-15(18-14(6-7-29-18)16(17)9-24)12-2-4-13(5-3-12)30-20(21,22)23/h2-5,8,25,28H,1,6-7,10H2,(H,26,27)/i7D2. The number of hydroxylamine groups is 1. The molecule has 2 aromatic rings. The van der Waals surface area contributed by atoms with Crippen LogP contribution in [0.1, 0.15) is 13.9 Å². The summed E-state index contributed by atoms with van der Waals surface area (Å²) >= 11 is 0. The summed E-state index contributed by atoms with van der Waals surface area (Å²) in [5.41, 5.74) is 2.67. The number of anilines is 1. The van der Waals surface area contributed by atoms with Gasteiger partial charge in [-0.15, -0.1) is 13.2 Å². The van der Waals surface area contributed by atoms with E-state index >= 15 is 0 Å². The van der Waals surface area contributed by atoms with Crippen LogP contribution in [0.4, 0.5) is 18.9 Å². The zero-order chi connectivity index (χ0) is 23.7. The van der Waals surface area contributed by atoms with E-state index in [4.69, 9.17) is 12.7 Å². The number of carbonyl (C=O) groups is 1. The minimum Gasteiger partial charge on any atom is -0.492 e. The van der Waals surface area contributed by atoms with Crippen LogP contribution in [0, 0.1) is 11.3 Å². The molecule has 0 atom stereocenters. The Morgan fingerprint density at radius 2 is 2.10 bits per heavy atom. The van der Waals surface area contributed by atoms with Crippen molar-refractivity contribution >= 4 is 11.6 Å². The number of halogens is 3. The lowest BCUT2D eigenvalue weighted by Crippen LogP contribution is -2.24. The van der Waals surface area contributed by atoms with Gasteiger partial charge in [0, 0.05) is 29.7 Å². The molecule has 156 valence electrons. The van der Waals surface area contributed by atoms with E-state index < -0.39 is 24.6 Å². The van der Waals surface area contributed by atoms with Gasteiger partial charge in [0.25, 0.3) is 5.91 Å². The van der Waals surface area contributed by atoms with Crippen molar-refractivity contribution < 1.29 is 35.4 Å². The second-order valence-electron chi connectivity index (χ2n) is 6.16. The maximum Gasteiger partial charge on any atom is 0.573 e. The van der Waals surface area contributed by atoms with Crippen molar-refractivity contribution in [1.29, 1.82) is 5.26 Å². The minimum absolute atomic E-state index is 0.0429. The maximum absolute atomic E-state index is 12.4. The van der Waals surface area contributed by atoms with E-state index in [1.807, 2.05) is 6.07 Å². The van der Waals surface area contributed by atoms with E-state index in [-0.39, 0.29) is 41.1 Å². The molecule has 0 spiro atoms. The van der Waals surface area contributed by atoms with Crippen LogP contribution < -0.4 is 20.3 Å². The largest absolute Gasteiger partial charge is 0.573 e. The number of nitrogens with zero attached hydrogens (tertiary/aromatic N) is 1. The monoisotopic (exact) mass is 421 g/mol. The molecular weight excluding hydrogens is 403 g/mol. The van der Waals surface area contributed by atoms with Gasteiger partial charge in [-0.1, -0.05) is 18.7 Å². The summed E-state index contributed by atoms with van der Waals surface area (Å²) in [7, 11) is 0. The molecule has 0 bridgehead atoms. The normalized spacial score (nSPS) is 15.0. The first-order valence-electron chi connectivity index (χ1n) is 9.45. The molecule has 0 radical (unpaired) electrons. The number of fused-ring (bicyclic) bond motifs is 1. The highest BCUT2D eigenvalue weighted by atomic mass is 19.4. The zero-order valence-electron chi connectivity index (χ0n) is 17.3. The van der Waals surface area contributed by atoms with Gasteiger partial charge in [-0.3, -0.25) is 10.0 Å². The van der Waals surface area contributed by atoms with Crippen molar-refractivity contribution in [3.63, 3.8) is 0 Å². The lowest BCUT2D eigenvalue weighted by molar-refractivity contribution is -0.274. The third kappa shape index (κ3) is 4.47. The molecule has 1 aliphatic rings. The Balaban J connectivity index is 2.04. The van der Waals surface area contributed by atoms with Crippen molar-refractivity contribution in [2.24, 2.45) is 0 Å². The number of amides is 1. The molecule has 1 amide bonds. The third-order valence-electron chi connectivity index (χ3n) is 4.23. The van der Waals surface area contributed by atoms with E-state index in [1.54, 1.807) is 0 Å².